The van der Waals surface area contributed by atoms with Gasteiger partial charge in [0.05, 0.1) is 19.4 Å². The number of sulfonamides is 1. The highest BCUT2D eigenvalue weighted by Gasteiger charge is 2.11. The number of nitrogens with one attached hydrogen (secondary N) is 3. The molecule has 0 aromatic heterocycles. The molecule has 3 N–H and O–H groups in total. The summed E-state index contributed by atoms with van der Waals surface area (Å²) in [7, 11) is -1.73. The zero-order chi connectivity index (χ0) is 21.0. The monoisotopic (exact) mass is 422 g/mol. The number of alkyl halides is 2. The molecule has 11 heteroatoms. The maximum Gasteiger partial charge on any atom is 0.387 e. The Balaban J connectivity index is 2.70. The highest BCUT2D eigenvalue weighted by Crippen LogP contribution is 2.26. The molecule has 0 aliphatic rings. The second-order valence-corrected chi connectivity index (χ2v) is 7.72. The van der Waals surface area contributed by atoms with Crippen molar-refractivity contribution in [2.75, 3.05) is 32.5 Å². The van der Waals surface area contributed by atoms with Crippen molar-refractivity contribution >= 4 is 16.0 Å². The van der Waals surface area contributed by atoms with E-state index in [0.717, 1.165) is 0 Å². The van der Waals surface area contributed by atoms with E-state index in [-0.39, 0.29) is 18.0 Å². The van der Waals surface area contributed by atoms with E-state index in [9.17, 15) is 17.2 Å². The number of aliphatic imine (C=N–C) groups is 1. The third-order valence-corrected chi connectivity index (χ3v) is 4.99. The fourth-order valence-electron chi connectivity index (χ4n) is 2.15. The van der Waals surface area contributed by atoms with Gasteiger partial charge in [-0.25, -0.2) is 18.1 Å². The van der Waals surface area contributed by atoms with Gasteiger partial charge >= 0.3 is 6.61 Å². The van der Waals surface area contributed by atoms with Crippen LogP contribution in [0.1, 0.15) is 25.8 Å². The fourth-order valence-corrected chi connectivity index (χ4v) is 2.81. The SMILES string of the molecule is CCNC(=NCc1cc(OC)ccc1OC(F)F)NCCCNS(=O)(=O)CC. The van der Waals surface area contributed by atoms with Gasteiger partial charge in [0, 0.05) is 25.2 Å². The Morgan fingerprint density at radius 1 is 1.21 bits per heavy atom. The second kappa shape index (κ2) is 12.3. The Morgan fingerprint density at radius 2 is 1.96 bits per heavy atom. The summed E-state index contributed by atoms with van der Waals surface area (Å²) >= 11 is 0. The molecule has 0 heterocycles. The van der Waals surface area contributed by atoms with Crippen molar-refractivity contribution in [2.45, 2.75) is 33.4 Å². The van der Waals surface area contributed by atoms with Gasteiger partial charge in [-0.15, -0.1) is 0 Å². The lowest BCUT2D eigenvalue weighted by Crippen LogP contribution is -2.38. The summed E-state index contributed by atoms with van der Waals surface area (Å²) in [6.07, 6.45) is 0.558. The van der Waals surface area contributed by atoms with Gasteiger partial charge in [-0.1, -0.05) is 0 Å². The molecule has 28 heavy (non-hydrogen) atoms. The Kier molecular flexibility index (Phi) is 10.5. The predicted octanol–water partition coefficient (Wildman–Crippen LogP) is 1.68. The zero-order valence-corrected chi connectivity index (χ0v) is 17.1. The van der Waals surface area contributed by atoms with Crippen molar-refractivity contribution in [1.82, 2.24) is 15.4 Å². The van der Waals surface area contributed by atoms with Crippen molar-refractivity contribution < 1.29 is 26.7 Å². The Bertz CT molecular complexity index is 730. The molecule has 1 rings (SSSR count). The number of hydrogen-bond acceptors (Lipinski definition) is 5. The second-order valence-electron chi connectivity index (χ2n) is 5.63. The highest BCUT2D eigenvalue weighted by atomic mass is 32.2. The lowest BCUT2D eigenvalue weighted by atomic mass is 10.2. The van der Waals surface area contributed by atoms with E-state index in [1.807, 2.05) is 6.92 Å². The molecule has 1 aromatic rings. The van der Waals surface area contributed by atoms with Crippen LogP contribution in [-0.4, -0.2) is 53.5 Å². The van der Waals surface area contributed by atoms with Crippen LogP contribution < -0.4 is 24.8 Å². The van der Waals surface area contributed by atoms with Crippen molar-refractivity contribution in [3.8, 4) is 11.5 Å². The summed E-state index contributed by atoms with van der Waals surface area (Å²) in [4.78, 5) is 4.36. The van der Waals surface area contributed by atoms with E-state index in [1.165, 1.54) is 19.2 Å². The minimum absolute atomic E-state index is 0.0318. The molecule has 0 aliphatic carbocycles. The molecule has 0 saturated carbocycles. The molecule has 0 aliphatic heterocycles. The quantitative estimate of drug-likeness (QED) is 0.269. The summed E-state index contributed by atoms with van der Waals surface area (Å²) < 4.78 is 60.1. The average molecular weight is 422 g/mol. The Hall–Kier alpha value is -2.14. The largest absolute Gasteiger partial charge is 0.497 e. The Morgan fingerprint density at radius 3 is 2.57 bits per heavy atom. The van der Waals surface area contributed by atoms with Crippen molar-refractivity contribution in [2.24, 2.45) is 4.99 Å². The first-order valence-corrected chi connectivity index (χ1v) is 10.6. The van der Waals surface area contributed by atoms with Gasteiger partial charge in [-0.3, -0.25) is 0 Å². The average Bonchev–Trinajstić information content (AvgIpc) is 2.66. The number of nitrogens with zero attached hydrogens (tertiary/aromatic N) is 1. The molecule has 0 saturated heterocycles. The number of methoxy groups -OCH3 is 1. The first kappa shape index (κ1) is 23.9. The van der Waals surface area contributed by atoms with E-state index in [4.69, 9.17) is 4.74 Å². The van der Waals surface area contributed by atoms with Crippen LogP contribution in [0.5, 0.6) is 11.5 Å². The van der Waals surface area contributed by atoms with Crippen LogP contribution >= 0.6 is 0 Å². The van der Waals surface area contributed by atoms with E-state index >= 15 is 0 Å². The molecule has 0 atom stereocenters. The third-order valence-electron chi connectivity index (χ3n) is 3.58. The van der Waals surface area contributed by atoms with Crippen LogP contribution in [0.25, 0.3) is 0 Å². The van der Waals surface area contributed by atoms with Crippen LogP contribution in [0.2, 0.25) is 0 Å². The highest BCUT2D eigenvalue weighted by molar-refractivity contribution is 7.89. The number of rotatable bonds is 12. The van der Waals surface area contributed by atoms with Gasteiger partial charge < -0.3 is 20.1 Å². The first-order valence-electron chi connectivity index (χ1n) is 8.92. The zero-order valence-electron chi connectivity index (χ0n) is 16.3. The van der Waals surface area contributed by atoms with Crippen LogP contribution in [0, 0.1) is 0 Å². The number of benzene rings is 1. The topological polar surface area (TPSA) is 101 Å². The standard InChI is InChI=1S/C17H28F2N4O4S/c1-4-20-17(21-9-6-10-23-28(24,25)5-2)22-12-13-11-14(26-3)7-8-15(13)27-16(18)19/h7-8,11,16,23H,4-6,9-10,12H2,1-3H3,(H2,20,21,22). The van der Waals surface area contributed by atoms with Crippen LogP contribution in [0.3, 0.4) is 0 Å². The summed E-state index contributed by atoms with van der Waals surface area (Å²) in [5.74, 6) is 1.05. The maximum absolute atomic E-state index is 12.6. The molecule has 0 spiro atoms. The molecule has 160 valence electrons. The summed E-state index contributed by atoms with van der Waals surface area (Å²) in [5, 5.41) is 6.11. The lowest BCUT2D eigenvalue weighted by molar-refractivity contribution is -0.0504. The minimum atomic E-state index is -3.21. The maximum atomic E-state index is 12.6. The van der Waals surface area contributed by atoms with Gasteiger partial charge in [-0.05, 0) is 38.5 Å². The molecule has 0 amide bonds. The molecule has 1 aromatic carbocycles. The summed E-state index contributed by atoms with van der Waals surface area (Å²) in [6, 6.07) is 4.53. The van der Waals surface area contributed by atoms with Crippen molar-refractivity contribution in [1.29, 1.82) is 0 Å². The number of hydrogen-bond donors (Lipinski definition) is 3. The van der Waals surface area contributed by atoms with Crippen LogP contribution in [0.4, 0.5) is 8.78 Å². The van der Waals surface area contributed by atoms with Gasteiger partial charge in [0.1, 0.15) is 11.5 Å². The lowest BCUT2D eigenvalue weighted by Gasteiger charge is -2.13. The van der Waals surface area contributed by atoms with Crippen LogP contribution in [0.15, 0.2) is 23.2 Å². The van der Waals surface area contributed by atoms with E-state index in [2.05, 4.69) is 25.1 Å². The summed E-state index contributed by atoms with van der Waals surface area (Å²) in [6.45, 7) is 2.02. The minimum Gasteiger partial charge on any atom is -0.497 e. The molecule has 8 nitrogen and oxygen atoms in total. The van der Waals surface area contributed by atoms with Crippen molar-refractivity contribution in [3.05, 3.63) is 23.8 Å². The fraction of sp³-hybridized carbons (Fsp3) is 0.588. The van der Waals surface area contributed by atoms with E-state index < -0.39 is 16.6 Å². The predicted molar refractivity (Wildman–Crippen MR) is 105 cm³/mol. The van der Waals surface area contributed by atoms with Gasteiger partial charge in [0.25, 0.3) is 0 Å². The summed E-state index contributed by atoms with van der Waals surface area (Å²) in [5.41, 5.74) is 0.451. The molecule has 0 fully saturated rings. The molecule has 0 unspecified atom stereocenters. The molecule has 0 radical (unpaired) electrons. The number of guanidine groups is 1. The van der Waals surface area contributed by atoms with Gasteiger partial charge in [0.2, 0.25) is 10.0 Å². The smallest absolute Gasteiger partial charge is 0.387 e. The third kappa shape index (κ3) is 9.18. The Labute approximate surface area is 164 Å². The number of halogens is 2. The molecular weight excluding hydrogens is 394 g/mol. The van der Waals surface area contributed by atoms with Crippen molar-refractivity contribution in [3.63, 3.8) is 0 Å². The van der Waals surface area contributed by atoms with E-state index in [1.54, 1.807) is 13.0 Å². The molecule has 0 bridgehead atoms. The van der Waals surface area contributed by atoms with Crippen LogP contribution in [-0.2, 0) is 16.6 Å². The van der Waals surface area contributed by atoms with Gasteiger partial charge in [0.15, 0.2) is 5.96 Å². The first-order chi connectivity index (χ1) is 13.3. The van der Waals surface area contributed by atoms with Gasteiger partial charge in [-0.2, -0.15) is 8.78 Å². The van der Waals surface area contributed by atoms with E-state index in [0.29, 0.717) is 43.3 Å². The molecular formula is C17H28F2N4O4S. The number of ether oxygens (including phenoxy) is 2. The normalized spacial score (nSPS) is 12.1.